The van der Waals surface area contributed by atoms with Gasteiger partial charge in [-0.15, -0.1) is 0 Å². The molecule has 3 heteroatoms. The molecule has 0 N–H and O–H groups in total. The molecule has 0 aliphatic heterocycles. The van der Waals surface area contributed by atoms with Gasteiger partial charge in [-0.3, -0.25) is 0 Å². The lowest BCUT2D eigenvalue weighted by Gasteiger charge is -2.36. The number of rotatable bonds is 2. The summed E-state index contributed by atoms with van der Waals surface area (Å²) < 4.78 is 5.16. The monoisotopic (exact) mass is 218 g/mol. The molecule has 0 bridgehead atoms. The highest BCUT2D eigenvalue weighted by Gasteiger charge is 2.32. The summed E-state index contributed by atoms with van der Waals surface area (Å²) in [4.78, 5) is 10.7. The van der Waals surface area contributed by atoms with Gasteiger partial charge in [0.1, 0.15) is 6.10 Å². The van der Waals surface area contributed by atoms with E-state index < -0.39 is 5.43 Å². The first-order chi connectivity index (χ1) is 6.50. The molecule has 0 amide bonds. The van der Waals surface area contributed by atoms with Gasteiger partial charge in [0.05, 0.1) is 0 Å². The van der Waals surface area contributed by atoms with Crippen molar-refractivity contribution in [2.24, 2.45) is 17.8 Å². The lowest BCUT2D eigenvalue weighted by molar-refractivity contribution is 0.0179. The number of ether oxygens (including phenoxy) is 1. The zero-order valence-corrected chi connectivity index (χ0v) is 9.88. The summed E-state index contributed by atoms with van der Waals surface area (Å²) >= 11 is 5.27. The van der Waals surface area contributed by atoms with Crippen molar-refractivity contribution >= 4 is 17.0 Å². The van der Waals surface area contributed by atoms with Crippen LogP contribution in [0.3, 0.4) is 0 Å². The topological polar surface area (TPSA) is 26.3 Å². The minimum Gasteiger partial charge on any atom is -0.450 e. The van der Waals surface area contributed by atoms with Gasteiger partial charge in [0.25, 0.3) is 0 Å². The van der Waals surface area contributed by atoms with Gasteiger partial charge in [-0.25, -0.2) is 4.79 Å². The Hall–Kier alpha value is -0.240. The number of carbonyl (C=O) groups excluding carboxylic acids is 1. The summed E-state index contributed by atoms with van der Waals surface area (Å²) in [5.74, 6) is 1.68. The molecular formula is C11H19ClO2. The summed E-state index contributed by atoms with van der Waals surface area (Å²) in [5.41, 5.74) is -0.658. The van der Waals surface area contributed by atoms with Crippen LogP contribution >= 0.6 is 11.6 Å². The van der Waals surface area contributed by atoms with E-state index in [0.29, 0.717) is 17.8 Å². The fraction of sp³-hybridized carbons (Fsp3) is 0.909. The number of hydrogen-bond acceptors (Lipinski definition) is 2. The average Bonchev–Trinajstić information content (AvgIpc) is 2.01. The molecule has 82 valence electrons. The van der Waals surface area contributed by atoms with Crippen LogP contribution in [-0.4, -0.2) is 11.5 Å². The van der Waals surface area contributed by atoms with Crippen LogP contribution in [0.15, 0.2) is 0 Å². The SMILES string of the molecule is CC(C)C1CC[C@H](C)CC1OC(=O)Cl. The first-order valence-corrected chi connectivity index (χ1v) is 5.74. The Labute approximate surface area is 91.0 Å². The zero-order valence-electron chi connectivity index (χ0n) is 9.13. The molecule has 3 atom stereocenters. The van der Waals surface area contributed by atoms with Crippen LogP contribution in [-0.2, 0) is 4.74 Å². The van der Waals surface area contributed by atoms with Crippen LogP contribution < -0.4 is 0 Å². The number of carbonyl (C=O) groups is 1. The van der Waals surface area contributed by atoms with Crippen LogP contribution in [0, 0.1) is 17.8 Å². The van der Waals surface area contributed by atoms with Crippen molar-refractivity contribution in [1.82, 2.24) is 0 Å². The first kappa shape index (κ1) is 11.8. The van der Waals surface area contributed by atoms with Crippen molar-refractivity contribution in [3.63, 3.8) is 0 Å². The molecule has 1 saturated carbocycles. The third-order valence-electron chi connectivity index (χ3n) is 3.21. The largest absolute Gasteiger partial charge is 0.450 e. The third-order valence-corrected chi connectivity index (χ3v) is 3.29. The van der Waals surface area contributed by atoms with Crippen molar-refractivity contribution < 1.29 is 9.53 Å². The van der Waals surface area contributed by atoms with Gasteiger partial charge < -0.3 is 4.74 Å². The maximum absolute atomic E-state index is 10.7. The number of halogens is 1. The summed E-state index contributed by atoms with van der Waals surface area (Å²) in [5, 5.41) is 0. The molecule has 0 radical (unpaired) electrons. The molecule has 2 nitrogen and oxygen atoms in total. The summed E-state index contributed by atoms with van der Waals surface area (Å²) in [7, 11) is 0. The van der Waals surface area contributed by atoms with Gasteiger partial charge >= 0.3 is 5.43 Å². The van der Waals surface area contributed by atoms with Crippen molar-refractivity contribution in [3.8, 4) is 0 Å². The quantitative estimate of drug-likeness (QED) is 0.659. The second kappa shape index (κ2) is 5.01. The maximum atomic E-state index is 10.7. The Morgan fingerprint density at radius 1 is 1.43 bits per heavy atom. The fourth-order valence-corrected chi connectivity index (χ4v) is 2.48. The number of hydrogen-bond donors (Lipinski definition) is 0. The van der Waals surface area contributed by atoms with E-state index >= 15 is 0 Å². The predicted octanol–water partition coefficient (Wildman–Crippen LogP) is 3.82. The van der Waals surface area contributed by atoms with Gasteiger partial charge in [0, 0.05) is 11.6 Å². The fourth-order valence-electron chi connectivity index (χ4n) is 2.37. The molecule has 0 aromatic carbocycles. The minimum absolute atomic E-state index is 0.0312. The molecule has 0 spiro atoms. The van der Waals surface area contributed by atoms with E-state index in [-0.39, 0.29) is 6.10 Å². The van der Waals surface area contributed by atoms with Crippen molar-refractivity contribution in [1.29, 1.82) is 0 Å². The maximum Gasteiger partial charge on any atom is 0.404 e. The van der Waals surface area contributed by atoms with Crippen LogP contribution in [0.1, 0.15) is 40.0 Å². The molecule has 14 heavy (non-hydrogen) atoms. The van der Waals surface area contributed by atoms with Crippen molar-refractivity contribution in [3.05, 3.63) is 0 Å². The Kier molecular flexibility index (Phi) is 4.24. The Bertz CT molecular complexity index is 203. The molecule has 1 aliphatic carbocycles. The molecule has 0 aromatic heterocycles. The van der Waals surface area contributed by atoms with Crippen LogP contribution in [0.4, 0.5) is 4.79 Å². The lowest BCUT2D eigenvalue weighted by atomic mass is 9.75. The van der Waals surface area contributed by atoms with E-state index in [0.717, 1.165) is 12.8 Å². The molecular weight excluding hydrogens is 200 g/mol. The highest BCUT2D eigenvalue weighted by molar-refractivity contribution is 6.61. The second-order valence-electron chi connectivity index (χ2n) is 4.72. The average molecular weight is 219 g/mol. The van der Waals surface area contributed by atoms with Gasteiger partial charge in [-0.05, 0) is 30.6 Å². The second-order valence-corrected chi connectivity index (χ2v) is 5.03. The lowest BCUT2D eigenvalue weighted by Crippen LogP contribution is -2.34. The molecule has 0 saturated heterocycles. The minimum atomic E-state index is -0.658. The first-order valence-electron chi connectivity index (χ1n) is 5.36. The summed E-state index contributed by atoms with van der Waals surface area (Å²) in [6.45, 7) is 6.55. The van der Waals surface area contributed by atoms with Crippen LogP contribution in [0.5, 0.6) is 0 Å². The van der Waals surface area contributed by atoms with Crippen LogP contribution in [0.2, 0.25) is 0 Å². The molecule has 1 rings (SSSR count). The Balaban J connectivity index is 2.58. The van der Waals surface area contributed by atoms with E-state index in [1.165, 1.54) is 6.42 Å². The van der Waals surface area contributed by atoms with Gasteiger partial charge in [0.15, 0.2) is 0 Å². The molecule has 0 aromatic rings. The normalized spacial score (nSPS) is 33.1. The predicted molar refractivity (Wildman–Crippen MR) is 57.5 cm³/mol. The molecule has 1 fully saturated rings. The van der Waals surface area contributed by atoms with Crippen molar-refractivity contribution in [2.75, 3.05) is 0 Å². The molecule has 0 heterocycles. The molecule has 2 unspecified atom stereocenters. The smallest absolute Gasteiger partial charge is 0.404 e. The highest BCUT2D eigenvalue weighted by Crippen LogP contribution is 2.35. The summed E-state index contributed by atoms with van der Waals surface area (Å²) in [6, 6.07) is 0. The van der Waals surface area contributed by atoms with E-state index in [2.05, 4.69) is 20.8 Å². The Morgan fingerprint density at radius 3 is 2.57 bits per heavy atom. The van der Waals surface area contributed by atoms with E-state index in [1.807, 2.05) is 0 Å². The van der Waals surface area contributed by atoms with E-state index in [9.17, 15) is 4.79 Å². The van der Waals surface area contributed by atoms with Crippen LogP contribution in [0.25, 0.3) is 0 Å². The Morgan fingerprint density at radius 2 is 2.07 bits per heavy atom. The standard InChI is InChI=1S/C11H19ClO2/c1-7(2)9-5-4-8(3)6-10(9)14-11(12)13/h7-10H,4-6H2,1-3H3/t8-,9?,10?/m0/s1. The third kappa shape index (κ3) is 3.16. The summed E-state index contributed by atoms with van der Waals surface area (Å²) in [6.07, 6.45) is 3.37. The van der Waals surface area contributed by atoms with E-state index in [1.54, 1.807) is 0 Å². The highest BCUT2D eigenvalue weighted by atomic mass is 35.5. The zero-order chi connectivity index (χ0) is 10.7. The molecule has 1 aliphatic rings. The van der Waals surface area contributed by atoms with Gasteiger partial charge in [-0.1, -0.05) is 27.2 Å². The van der Waals surface area contributed by atoms with E-state index in [4.69, 9.17) is 16.3 Å². The van der Waals surface area contributed by atoms with Gasteiger partial charge in [-0.2, -0.15) is 0 Å². The van der Waals surface area contributed by atoms with Gasteiger partial charge in [0.2, 0.25) is 0 Å². The van der Waals surface area contributed by atoms with Crippen molar-refractivity contribution in [2.45, 2.75) is 46.1 Å².